The highest BCUT2D eigenvalue weighted by Gasteiger charge is 2.37. The average molecular weight is 549 g/mol. The molecule has 0 saturated heterocycles. The average Bonchev–Trinajstić information content (AvgIpc) is 3.17. The number of aliphatic imine (C=N–C) groups is 1. The molecule has 1 aromatic heterocycles. The van der Waals surface area contributed by atoms with Crippen LogP contribution in [0.15, 0.2) is 26.4 Å². The van der Waals surface area contributed by atoms with Gasteiger partial charge >= 0.3 is 12.2 Å². The second kappa shape index (κ2) is 13.9. The molecule has 1 aromatic carbocycles. The Bertz CT molecular complexity index is 1120. The van der Waals surface area contributed by atoms with E-state index in [1.807, 2.05) is 0 Å². The second-order valence-electron chi connectivity index (χ2n) is 9.14. The second-order valence-corrected chi connectivity index (χ2v) is 11.1. The number of nitrogens with zero attached hydrogens (tertiary/aromatic N) is 4. The third-order valence-electron chi connectivity index (χ3n) is 5.82. The van der Waals surface area contributed by atoms with Crippen molar-refractivity contribution in [3.8, 4) is 0 Å². The molecule has 37 heavy (non-hydrogen) atoms. The summed E-state index contributed by atoms with van der Waals surface area (Å²) >= 11 is 0. The van der Waals surface area contributed by atoms with Gasteiger partial charge in [-0.25, -0.2) is 13.4 Å². The first-order valence-corrected chi connectivity index (χ1v) is 14.4. The van der Waals surface area contributed by atoms with E-state index in [-0.39, 0.29) is 23.0 Å². The van der Waals surface area contributed by atoms with Gasteiger partial charge in [0.15, 0.2) is 9.84 Å². The lowest BCUT2D eigenvalue weighted by atomic mass is 10.0. The van der Waals surface area contributed by atoms with Crippen molar-refractivity contribution in [3.63, 3.8) is 0 Å². The van der Waals surface area contributed by atoms with Crippen LogP contribution in [0.2, 0.25) is 0 Å². The fraction of sp³-hybridized carbons (Fsp3) is 0.640. The lowest BCUT2D eigenvalue weighted by Crippen LogP contribution is -2.50. The molecule has 0 bridgehead atoms. The van der Waals surface area contributed by atoms with Crippen molar-refractivity contribution in [1.29, 1.82) is 0 Å². The molecular formula is C25H39F3N4O4S. The molecule has 0 spiro atoms. The SMILES string of the molecule is CCC[N+](CCC)(CCC)CCC.Cc1nnc(N=C([O-])c2ccc(C(F)(F)F)c(S(C)(=O)=O)c2C)o1. The van der Waals surface area contributed by atoms with Crippen molar-refractivity contribution >= 4 is 21.7 Å². The molecule has 0 radical (unpaired) electrons. The predicted octanol–water partition coefficient (Wildman–Crippen LogP) is 4.99. The van der Waals surface area contributed by atoms with Crippen LogP contribution in [-0.4, -0.2) is 61.4 Å². The number of sulfone groups is 1. The molecule has 0 fully saturated rings. The Morgan fingerprint density at radius 1 is 0.973 bits per heavy atom. The van der Waals surface area contributed by atoms with Crippen molar-refractivity contribution < 1.29 is 35.6 Å². The highest BCUT2D eigenvalue weighted by molar-refractivity contribution is 7.90. The van der Waals surface area contributed by atoms with Gasteiger partial charge in [0.2, 0.25) is 5.89 Å². The molecule has 0 amide bonds. The van der Waals surface area contributed by atoms with Crippen LogP contribution in [0.3, 0.4) is 0 Å². The van der Waals surface area contributed by atoms with Crippen molar-refractivity contribution in [2.75, 3.05) is 32.4 Å². The van der Waals surface area contributed by atoms with E-state index in [1.165, 1.54) is 63.3 Å². The number of benzene rings is 1. The molecule has 0 aliphatic carbocycles. The minimum Gasteiger partial charge on any atom is -0.858 e. The molecule has 1 heterocycles. The first-order valence-electron chi connectivity index (χ1n) is 12.5. The third kappa shape index (κ3) is 9.41. The fourth-order valence-corrected chi connectivity index (χ4v) is 5.92. The maximum Gasteiger partial charge on any atom is 0.417 e. The van der Waals surface area contributed by atoms with Gasteiger partial charge in [0.1, 0.15) is 0 Å². The van der Waals surface area contributed by atoms with E-state index < -0.39 is 32.4 Å². The Morgan fingerprint density at radius 2 is 1.46 bits per heavy atom. The van der Waals surface area contributed by atoms with E-state index in [2.05, 4.69) is 42.9 Å². The zero-order chi connectivity index (χ0) is 28.4. The van der Waals surface area contributed by atoms with E-state index in [0.717, 1.165) is 13.0 Å². The molecule has 210 valence electrons. The highest BCUT2D eigenvalue weighted by atomic mass is 32.2. The van der Waals surface area contributed by atoms with Gasteiger partial charge in [-0.05, 0) is 49.8 Å². The molecule has 8 nitrogen and oxygen atoms in total. The molecule has 0 saturated carbocycles. The topological polar surface area (TPSA) is 108 Å². The Morgan fingerprint density at radius 3 is 1.81 bits per heavy atom. The monoisotopic (exact) mass is 548 g/mol. The van der Waals surface area contributed by atoms with Crippen LogP contribution in [0.4, 0.5) is 19.2 Å². The van der Waals surface area contributed by atoms with Gasteiger partial charge in [-0.3, -0.25) is 0 Å². The summed E-state index contributed by atoms with van der Waals surface area (Å²) in [6, 6.07) is 1.02. The Hall–Kier alpha value is -2.47. The van der Waals surface area contributed by atoms with Crippen LogP contribution >= 0.6 is 0 Å². The van der Waals surface area contributed by atoms with Crippen molar-refractivity contribution in [2.24, 2.45) is 4.99 Å². The molecule has 0 unspecified atom stereocenters. The minimum absolute atomic E-state index is 0.141. The lowest BCUT2D eigenvalue weighted by Gasteiger charge is -2.38. The number of alkyl halides is 3. The van der Waals surface area contributed by atoms with Gasteiger partial charge < -0.3 is 14.0 Å². The molecule has 2 rings (SSSR count). The molecular weight excluding hydrogens is 509 g/mol. The zero-order valence-corrected chi connectivity index (χ0v) is 23.6. The summed E-state index contributed by atoms with van der Waals surface area (Å²) in [6.07, 6.45) is 1.09. The van der Waals surface area contributed by atoms with Crippen LogP contribution in [0.1, 0.15) is 76.0 Å². The van der Waals surface area contributed by atoms with Gasteiger partial charge in [-0.15, -0.1) is 5.10 Å². The summed E-state index contributed by atoms with van der Waals surface area (Å²) in [5, 5.41) is 19.0. The first kappa shape index (κ1) is 32.6. The molecule has 0 N–H and O–H groups in total. The number of halogens is 3. The minimum atomic E-state index is -4.88. The van der Waals surface area contributed by atoms with E-state index >= 15 is 0 Å². The van der Waals surface area contributed by atoms with Crippen LogP contribution in [0.25, 0.3) is 0 Å². The summed E-state index contributed by atoms with van der Waals surface area (Å²) in [7, 11) is -4.24. The summed E-state index contributed by atoms with van der Waals surface area (Å²) in [5.41, 5.74) is -2.00. The molecule has 0 aliphatic heterocycles. The summed E-state index contributed by atoms with van der Waals surface area (Å²) < 4.78 is 68.9. The molecule has 0 atom stereocenters. The number of quaternary nitrogens is 1. The standard InChI is InChI=1S/C13H12F3N3O4S.C12H28N/c1-6-8(11(20)17-12-19-18-7(2)23-12)4-5-9(13(14,15)16)10(6)24(3,21)22;1-5-9-13(10-6-2,11-7-3)12-8-4/h4-5H,1-3H3,(H,17,19,20);5-12H2,1-4H3/q;+1/p-1. The van der Waals surface area contributed by atoms with Crippen LogP contribution < -0.4 is 5.11 Å². The van der Waals surface area contributed by atoms with Crippen molar-refractivity contribution in [3.05, 3.63) is 34.7 Å². The number of rotatable bonds is 11. The summed E-state index contributed by atoms with van der Waals surface area (Å²) in [5.74, 6) is -0.850. The van der Waals surface area contributed by atoms with E-state index in [9.17, 15) is 26.7 Å². The first-order chi connectivity index (χ1) is 17.2. The zero-order valence-electron chi connectivity index (χ0n) is 22.8. The number of hydrogen-bond donors (Lipinski definition) is 0. The molecule has 12 heteroatoms. The Kier molecular flexibility index (Phi) is 12.2. The van der Waals surface area contributed by atoms with E-state index in [1.54, 1.807) is 0 Å². The number of aryl methyl sites for hydroxylation is 1. The Balaban J connectivity index is 0.000000448. The third-order valence-corrected chi connectivity index (χ3v) is 7.08. The van der Waals surface area contributed by atoms with Gasteiger partial charge in [-0.1, -0.05) is 38.9 Å². The Labute approximate surface area is 218 Å². The fourth-order valence-electron chi connectivity index (χ4n) is 4.67. The van der Waals surface area contributed by atoms with Gasteiger partial charge in [-0.2, -0.15) is 13.2 Å². The van der Waals surface area contributed by atoms with E-state index in [4.69, 9.17) is 4.42 Å². The smallest absolute Gasteiger partial charge is 0.417 e. The number of aromatic nitrogens is 2. The van der Waals surface area contributed by atoms with Gasteiger partial charge in [0.05, 0.1) is 36.6 Å². The molecule has 0 aliphatic rings. The largest absolute Gasteiger partial charge is 0.858 e. The van der Waals surface area contributed by atoms with Crippen LogP contribution in [-0.2, 0) is 16.0 Å². The lowest BCUT2D eigenvalue weighted by molar-refractivity contribution is -0.928. The van der Waals surface area contributed by atoms with Crippen LogP contribution in [0, 0.1) is 13.8 Å². The predicted molar refractivity (Wildman–Crippen MR) is 135 cm³/mol. The maximum absolute atomic E-state index is 13.0. The maximum atomic E-state index is 13.0. The van der Waals surface area contributed by atoms with Gasteiger partial charge in [0.25, 0.3) is 0 Å². The van der Waals surface area contributed by atoms with Gasteiger partial charge in [0, 0.05) is 19.1 Å². The van der Waals surface area contributed by atoms with Crippen molar-refractivity contribution in [2.45, 2.75) is 78.3 Å². The normalized spacial score (nSPS) is 12.9. The quantitative estimate of drug-likeness (QED) is 0.222. The summed E-state index contributed by atoms with van der Waals surface area (Å²) in [6.45, 7) is 17.4. The summed E-state index contributed by atoms with van der Waals surface area (Å²) in [4.78, 5) is 2.51. The van der Waals surface area contributed by atoms with Crippen molar-refractivity contribution in [1.82, 2.24) is 10.2 Å². The van der Waals surface area contributed by atoms with Crippen LogP contribution in [0.5, 0.6) is 0 Å². The molecule has 2 aromatic rings. The van der Waals surface area contributed by atoms with E-state index in [0.29, 0.717) is 12.3 Å². The highest BCUT2D eigenvalue weighted by Crippen LogP contribution is 2.37. The number of hydrogen-bond acceptors (Lipinski definition) is 7.